The predicted octanol–water partition coefficient (Wildman–Crippen LogP) is 4.96. The summed E-state index contributed by atoms with van der Waals surface area (Å²) in [5.41, 5.74) is 2.06. The molecule has 1 amide bonds. The van der Waals surface area contributed by atoms with Gasteiger partial charge in [0.2, 0.25) is 5.91 Å². The minimum Gasteiger partial charge on any atom is -0.325 e. The van der Waals surface area contributed by atoms with E-state index in [0.717, 1.165) is 16.9 Å². The summed E-state index contributed by atoms with van der Waals surface area (Å²) in [4.78, 5) is 17.1. The highest BCUT2D eigenvalue weighted by atomic mass is 35.5. The molecule has 0 N–H and O–H groups in total. The number of hydrogen-bond donors (Lipinski definition) is 0. The van der Waals surface area contributed by atoms with E-state index in [9.17, 15) is 9.18 Å². The molecule has 1 aliphatic heterocycles. The molecule has 0 bridgehead atoms. The molecule has 1 aliphatic rings. The van der Waals surface area contributed by atoms with Crippen LogP contribution in [0.4, 0.5) is 4.39 Å². The lowest BCUT2D eigenvalue weighted by Crippen LogP contribution is -2.42. The van der Waals surface area contributed by atoms with Crippen molar-refractivity contribution in [2.24, 2.45) is 0 Å². The summed E-state index contributed by atoms with van der Waals surface area (Å²) in [5.74, 6) is 0.737. The third kappa shape index (κ3) is 5.24. The van der Waals surface area contributed by atoms with Crippen LogP contribution in [0.2, 0.25) is 5.02 Å². The second-order valence-corrected chi connectivity index (χ2v) is 8.62. The Kier molecular flexibility index (Phi) is 6.79. The quantitative estimate of drug-likeness (QED) is 0.677. The Balaban J connectivity index is 1.70. The van der Waals surface area contributed by atoms with Gasteiger partial charge >= 0.3 is 0 Å². The zero-order chi connectivity index (χ0) is 19.4. The second kappa shape index (κ2) is 9.09. The van der Waals surface area contributed by atoms with Crippen LogP contribution in [0.3, 0.4) is 0 Å². The minimum atomic E-state index is -0.257. The Bertz CT molecular complexity index is 784. The van der Waals surface area contributed by atoms with Crippen LogP contribution in [0.25, 0.3) is 0 Å². The van der Waals surface area contributed by atoms with Crippen molar-refractivity contribution in [3.63, 3.8) is 0 Å². The Labute approximate surface area is 169 Å². The molecule has 0 saturated carbocycles. The van der Waals surface area contributed by atoms with Crippen LogP contribution < -0.4 is 0 Å². The zero-order valence-corrected chi connectivity index (χ0v) is 17.1. The minimum absolute atomic E-state index is 0.0433. The van der Waals surface area contributed by atoms with E-state index >= 15 is 0 Å². The maximum atomic E-state index is 13.2. The average Bonchev–Trinajstić information content (AvgIpc) is 3.11. The van der Waals surface area contributed by atoms with Gasteiger partial charge in [-0.1, -0.05) is 35.9 Å². The molecule has 0 aliphatic carbocycles. The van der Waals surface area contributed by atoms with E-state index in [1.807, 2.05) is 29.2 Å². The van der Waals surface area contributed by atoms with Gasteiger partial charge in [0.25, 0.3) is 0 Å². The number of amides is 1. The Morgan fingerprint density at radius 2 is 2.04 bits per heavy atom. The largest absolute Gasteiger partial charge is 0.325 e. The maximum Gasteiger partial charge on any atom is 0.237 e. The topological polar surface area (TPSA) is 23.6 Å². The lowest BCUT2D eigenvalue weighted by molar-refractivity contribution is -0.133. The molecular weight excluding hydrogens is 383 g/mol. The molecular formula is C21H24ClFN2OS. The van der Waals surface area contributed by atoms with Gasteiger partial charge in [-0.15, -0.1) is 11.8 Å². The van der Waals surface area contributed by atoms with Crippen molar-refractivity contribution in [2.75, 3.05) is 18.8 Å². The molecule has 2 aromatic carbocycles. The maximum absolute atomic E-state index is 13.2. The molecule has 144 valence electrons. The van der Waals surface area contributed by atoms with Gasteiger partial charge < -0.3 is 4.90 Å². The summed E-state index contributed by atoms with van der Waals surface area (Å²) < 4.78 is 13.2. The molecule has 3 rings (SSSR count). The summed E-state index contributed by atoms with van der Waals surface area (Å²) >= 11 is 7.82. The van der Waals surface area contributed by atoms with Crippen molar-refractivity contribution in [3.05, 3.63) is 70.5 Å². The van der Waals surface area contributed by atoms with Gasteiger partial charge in [0.15, 0.2) is 0 Å². The van der Waals surface area contributed by atoms with Gasteiger partial charge in [-0.2, -0.15) is 0 Å². The fourth-order valence-electron chi connectivity index (χ4n) is 3.18. The van der Waals surface area contributed by atoms with E-state index < -0.39 is 0 Å². The standard InChI is InChI=1S/C21H24ClFN2OS/c1-15(2)24(13-16-4-3-5-18(22)12-16)14-20(26)25-10-11-27-21(25)17-6-8-19(23)9-7-17/h3-9,12,15,21H,10-11,13-14H2,1-2H3/t21-/m0/s1. The first-order valence-electron chi connectivity index (χ1n) is 9.09. The van der Waals surface area contributed by atoms with E-state index in [4.69, 9.17) is 11.6 Å². The van der Waals surface area contributed by atoms with E-state index in [0.29, 0.717) is 24.7 Å². The fourth-order valence-corrected chi connectivity index (χ4v) is 4.68. The molecule has 6 heteroatoms. The molecule has 1 heterocycles. The molecule has 0 unspecified atom stereocenters. The highest BCUT2D eigenvalue weighted by Gasteiger charge is 2.31. The number of benzene rings is 2. The molecule has 0 spiro atoms. The Hall–Kier alpha value is -1.56. The van der Waals surface area contributed by atoms with E-state index in [1.54, 1.807) is 23.9 Å². The molecule has 1 fully saturated rings. The Morgan fingerprint density at radius 3 is 2.70 bits per heavy atom. The summed E-state index contributed by atoms with van der Waals surface area (Å²) in [5, 5.41) is 0.660. The van der Waals surface area contributed by atoms with Crippen molar-refractivity contribution < 1.29 is 9.18 Å². The van der Waals surface area contributed by atoms with E-state index in [-0.39, 0.29) is 23.1 Å². The highest BCUT2D eigenvalue weighted by molar-refractivity contribution is 7.99. The molecule has 0 radical (unpaired) electrons. The van der Waals surface area contributed by atoms with E-state index in [1.165, 1.54) is 12.1 Å². The monoisotopic (exact) mass is 406 g/mol. The molecule has 3 nitrogen and oxygen atoms in total. The van der Waals surface area contributed by atoms with Crippen LogP contribution in [0.15, 0.2) is 48.5 Å². The van der Waals surface area contributed by atoms with Crippen molar-refractivity contribution in [1.82, 2.24) is 9.80 Å². The van der Waals surface area contributed by atoms with Gasteiger partial charge in [0.1, 0.15) is 11.2 Å². The van der Waals surface area contributed by atoms with Crippen LogP contribution in [-0.2, 0) is 11.3 Å². The lowest BCUT2D eigenvalue weighted by Gasteiger charge is -2.30. The van der Waals surface area contributed by atoms with Gasteiger partial charge in [0.05, 0.1) is 6.54 Å². The number of carbonyl (C=O) groups excluding carboxylic acids is 1. The van der Waals surface area contributed by atoms with Gasteiger partial charge in [0, 0.05) is 29.9 Å². The fraction of sp³-hybridized carbons (Fsp3) is 0.381. The summed E-state index contributed by atoms with van der Waals surface area (Å²) in [6.07, 6.45) is 0. The van der Waals surface area contributed by atoms with Crippen LogP contribution in [0.1, 0.15) is 30.3 Å². The number of hydrogen-bond acceptors (Lipinski definition) is 3. The third-order valence-electron chi connectivity index (χ3n) is 4.71. The average molecular weight is 407 g/mol. The van der Waals surface area contributed by atoms with Crippen LogP contribution in [0, 0.1) is 5.82 Å². The van der Waals surface area contributed by atoms with E-state index in [2.05, 4.69) is 18.7 Å². The number of halogens is 2. The number of rotatable bonds is 6. The molecule has 2 aromatic rings. The molecule has 27 heavy (non-hydrogen) atoms. The molecule has 1 atom stereocenters. The normalized spacial score (nSPS) is 17.1. The van der Waals surface area contributed by atoms with Crippen molar-refractivity contribution in [1.29, 1.82) is 0 Å². The second-order valence-electron chi connectivity index (χ2n) is 6.99. The predicted molar refractivity (Wildman–Crippen MR) is 110 cm³/mol. The van der Waals surface area contributed by atoms with Gasteiger partial charge in [-0.3, -0.25) is 9.69 Å². The van der Waals surface area contributed by atoms with Crippen LogP contribution >= 0.6 is 23.4 Å². The summed E-state index contributed by atoms with van der Waals surface area (Å²) in [6.45, 7) is 5.92. The zero-order valence-electron chi connectivity index (χ0n) is 15.6. The SMILES string of the molecule is CC(C)N(CC(=O)N1CCS[C@H]1c1ccc(F)cc1)Cc1cccc(Cl)c1. The first-order valence-corrected chi connectivity index (χ1v) is 10.5. The molecule has 0 aromatic heterocycles. The van der Waals surface area contributed by atoms with Gasteiger partial charge in [-0.25, -0.2) is 4.39 Å². The van der Waals surface area contributed by atoms with Crippen molar-refractivity contribution in [3.8, 4) is 0 Å². The van der Waals surface area contributed by atoms with Crippen molar-refractivity contribution >= 4 is 29.3 Å². The number of carbonyl (C=O) groups is 1. The lowest BCUT2D eigenvalue weighted by atomic mass is 10.1. The summed E-state index contributed by atoms with van der Waals surface area (Å²) in [6, 6.07) is 14.4. The van der Waals surface area contributed by atoms with Gasteiger partial charge in [-0.05, 0) is 49.2 Å². The smallest absolute Gasteiger partial charge is 0.237 e. The van der Waals surface area contributed by atoms with Crippen molar-refractivity contribution in [2.45, 2.75) is 31.8 Å². The summed E-state index contributed by atoms with van der Waals surface area (Å²) in [7, 11) is 0. The first kappa shape index (κ1) is 20.2. The van der Waals surface area contributed by atoms with Crippen LogP contribution in [-0.4, -0.2) is 40.6 Å². The number of nitrogens with zero attached hydrogens (tertiary/aromatic N) is 2. The third-order valence-corrected chi connectivity index (χ3v) is 6.21. The Morgan fingerprint density at radius 1 is 1.30 bits per heavy atom. The van der Waals surface area contributed by atoms with Crippen LogP contribution in [0.5, 0.6) is 0 Å². The first-order chi connectivity index (χ1) is 12.9. The highest BCUT2D eigenvalue weighted by Crippen LogP contribution is 2.38. The number of thioether (sulfide) groups is 1. The molecule has 1 saturated heterocycles.